The summed E-state index contributed by atoms with van der Waals surface area (Å²) in [5, 5.41) is 0.739. The molecular formula is C23H21B5N4O5. The number of methoxy groups -OCH3 is 1. The van der Waals surface area contributed by atoms with Crippen molar-refractivity contribution < 1.29 is 18.9 Å². The molecule has 10 radical (unpaired) electrons. The maximum absolute atomic E-state index is 12.5. The van der Waals surface area contributed by atoms with Gasteiger partial charge < -0.3 is 23.8 Å². The van der Waals surface area contributed by atoms with Crippen molar-refractivity contribution in [1.29, 1.82) is 0 Å². The van der Waals surface area contributed by atoms with E-state index in [1.165, 1.54) is 16.8 Å². The second-order valence-corrected chi connectivity index (χ2v) is 9.43. The summed E-state index contributed by atoms with van der Waals surface area (Å²) in [6.07, 6.45) is 2.43. The molecule has 0 unspecified atom stereocenters. The first-order chi connectivity index (χ1) is 17.4. The van der Waals surface area contributed by atoms with E-state index in [-0.39, 0.29) is 17.1 Å². The first-order valence-corrected chi connectivity index (χ1v) is 11.7. The Kier molecular flexibility index (Phi) is 6.29. The molecular weight excluding hydrogens is 466 g/mol. The molecule has 3 aromatic rings. The molecule has 178 valence electrons. The fourth-order valence-electron chi connectivity index (χ4n) is 4.47. The smallest absolute Gasteiger partial charge is 0.274 e. The molecule has 0 aliphatic carbocycles. The minimum atomic E-state index is -1.95. The Morgan fingerprint density at radius 2 is 1.70 bits per heavy atom. The van der Waals surface area contributed by atoms with Crippen LogP contribution in [0.1, 0.15) is 24.0 Å². The highest BCUT2D eigenvalue weighted by Gasteiger charge is 2.43. The van der Waals surface area contributed by atoms with Gasteiger partial charge in [-0.1, -0.05) is 0 Å². The molecule has 1 fully saturated rings. The highest BCUT2D eigenvalue weighted by molar-refractivity contribution is 6.53. The molecule has 2 aliphatic heterocycles. The van der Waals surface area contributed by atoms with Gasteiger partial charge >= 0.3 is 0 Å². The van der Waals surface area contributed by atoms with E-state index in [0.717, 1.165) is 11.1 Å². The van der Waals surface area contributed by atoms with Crippen molar-refractivity contribution in [2.75, 3.05) is 25.1 Å². The van der Waals surface area contributed by atoms with Crippen LogP contribution in [0.2, 0.25) is 0 Å². The number of hydrogen-bond donors (Lipinski definition) is 0. The maximum atomic E-state index is 12.5. The minimum absolute atomic E-state index is 0.232. The molecule has 2 aromatic heterocycles. The highest BCUT2D eigenvalue weighted by Crippen LogP contribution is 2.42. The van der Waals surface area contributed by atoms with Crippen molar-refractivity contribution in [3.63, 3.8) is 0 Å². The molecule has 9 nitrogen and oxygen atoms in total. The maximum Gasteiger partial charge on any atom is 0.274 e. The third-order valence-electron chi connectivity index (χ3n) is 6.68. The lowest BCUT2D eigenvalue weighted by Gasteiger charge is -2.48. The van der Waals surface area contributed by atoms with Crippen molar-refractivity contribution in [2.45, 2.75) is 42.7 Å². The van der Waals surface area contributed by atoms with Crippen molar-refractivity contribution >= 4 is 50.7 Å². The second kappa shape index (κ2) is 9.08. The van der Waals surface area contributed by atoms with Gasteiger partial charge in [0.15, 0.2) is 23.0 Å². The van der Waals surface area contributed by atoms with Gasteiger partial charge in [-0.2, -0.15) is 4.52 Å². The Morgan fingerprint density at radius 1 is 1.03 bits per heavy atom. The predicted molar refractivity (Wildman–Crippen MR) is 141 cm³/mol. The van der Waals surface area contributed by atoms with Crippen molar-refractivity contribution in [2.24, 2.45) is 0 Å². The lowest BCUT2D eigenvalue weighted by Crippen LogP contribution is -2.65. The zero-order valence-corrected chi connectivity index (χ0v) is 20.6. The van der Waals surface area contributed by atoms with Gasteiger partial charge in [-0.3, -0.25) is 4.79 Å². The average molecular weight is 488 g/mol. The van der Waals surface area contributed by atoms with Crippen LogP contribution in [0.4, 0.5) is 5.82 Å². The fourth-order valence-corrected chi connectivity index (χ4v) is 4.47. The standard InChI is InChI=1S/C23H21B5N4O5/c1-13-15(12-34-2)20-29-8-5-18(33)32(20)30-19(13)31-9-6-21(24,7-10-31)35-14-3-4-16-17(11-14)37-23(27,28)22(25,26)36-16/h3-5,8,11H,6-7,9-10,12H2,1-2H3. The van der Waals surface area contributed by atoms with Crippen LogP contribution in [0.25, 0.3) is 5.65 Å². The minimum Gasteiger partial charge on any atom is -0.501 e. The highest BCUT2D eigenvalue weighted by atomic mass is 16.6. The summed E-state index contributed by atoms with van der Waals surface area (Å²) in [6, 6.07) is 6.22. The van der Waals surface area contributed by atoms with Gasteiger partial charge in [-0.05, 0) is 31.9 Å². The molecule has 14 heteroatoms. The Bertz CT molecular complexity index is 1410. The molecule has 1 saturated heterocycles. The average Bonchev–Trinajstić information content (AvgIpc) is 2.82. The van der Waals surface area contributed by atoms with Gasteiger partial charge in [0, 0.05) is 60.5 Å². The van der Waals surface area contributed by atoms with Crippen LogP contribution in [0.3, 0.4) is 0 Å². The number of aromatic nitrogens is 3. The topological polar surface area (TPSA) is 87.4 Å². The molecule has 0 N–H and O–H groups in total. The van der Waals surface area contributed by atoms with Crippen LogP contribution in [-0.2, 0) is 11.3 Å². The quantitative estimate of drug-likeness (QED) is 0.459. The molecule has 1 aromatic carbocycles. The van der Waals surface area contributed by atoms with Gasteiger partial charge in [0.1, 0.15) is 45.0 Å². The molecule has 0 atom stereocenters. The van der Waals surface area contributed by atoms with E-state index in [9.17, 15) is 4.79 Å². The van der Waals surface area contributed by atoms with Crippen LogP contribution in [-0.4, -0.2) is 90.3 Å². The van der Waals surface area contributed by atoms with Crippen molar-refractivity contribution in [3.05, 3.63) is 51.9 Å². The van der Waals surface area contributed by atoms with Crippen LogP contribution >= 0.6 is 0 Å². The van der Waals surface area contributed by atoms with E-state index in [1.54, 1.807) is 25.3 Å². The Balaban J connectivity index is 1.35. The molecule has 0 amide bonds. The van der Waals surface area contributed by atoms with E-state index in [2.05, 4.69) is 15.0 Å². The Labute approximate surface area is 221 Å². The van der Waals surface area contributed by atoms with Crippen LogP contribution in [0.5, 0.6) is 17.2 Å². The Morgan fingerprint density at radius 3 is 2.38 bits per heavy atom. The summed E-state index contributed by atoms with van der Waals surface area (Å²) in [5.41, 5.74) is 0.934. The first kappa shape index (κ1) is 25.6. The Hall–Kier alpha value is -3.01. The van der Waals surface area contributed by atoms with E-state index >= 15 is 0 Å². The number of piperidine rings is 1. The number of nitrogens with zero attached hydrogens (tertiary/aromatic N) is 4. The van der Waals surface area contributed by atoms with Crippen LogP contribution < -0.4 is 24.7 Å². The summed E-state index contributed by atoms with van der Waals surface area (Å²) >= 11 is 0. The van der Waals surface area contributed by atoms with Crippen LogP contribution in [0, 0.1) is 6.92 Å². The summed E-state index contributed by atoms with van der Waals surface area (Å²) in [4.78, 5) is 18.9. The summed E-state index contributed by atoms with van der Waals surface area (Å²) in [7, 11) is 31.5. The van der Waals surface area contributed by atoms with Gasteiger partial charge in [0.2, 0.25) is 0 Å². The molecule has 0 spiro atoms. The predicted octanol–water partition coefficient (Wildman–Crippen LogP) is -0.159. The lowest BCUT2D eigenvalue weighted by atomic mass is 9.41. The van der Waals surface area contributed by atoms with Crippen molar-refractivity contribution in [1.82, 2.24) is 14.6 Å². The molecule has 37 heavy (non-hydrogen) atoms. The molecule has 0 saturated carbocycles. The van der Waals surface area contributed by atoms with Crippen molar-refractivity contribution in [3.8, 4) is 17.2 Å². The zero-order chi connectivity index (χ0) is 26.6. The monoisotopic (exact) mass is 488 g/mol. The van der Waals surface area contributed by atoms with E-state index in [4.69, 9.17) is 58.2 Å². The first-order valence-electron chi connectivity index (χ1n) is 11.7. The number of fused-ring (bicyclic) bond motifs is 2. The van der Waals surface area contributed by atoms with Gasteiger partial charge in [-0.25, -0.2) is 4.98 Å². The molecule has 5 rings (SSSR count). The summed E-state index contributed by atoms with van der Waals surface area (Å²) in [5.74, 6) is 1.62. The number of ether oxygens (including phenoxy) is 4. The lowest BCUT2D eigenvalue weighted by molar-refractivity contribution is 0.0603. The molecule has 0 bridgehead atoms. The second-order valence-electron chi connectivity index (χ2n) is 9.43. The fraction of sp³-hybridized carbons (Fsp3) is 0.435. The van der Waals surface area contributed by atoms with Crippen LogP contribution in [0.15, 0.2) is 35.3 Å². The zero-order valence-electron chi connectivity index (χ0n) is 20.6. The number of hydrogen-bond acceptors (Lipinski definition) is 8. The molecule has 4 heterocycles. The van der Waals surface area contributed by atoms with Gasteiger partial charge in [0.05, 0.1) is 12.1 Å². The third kappa shape index (κ3) is 4.60. The largest absolute Gasteiger partial charge is 0.501 e. The molecule has 2 aliphatic rings. The normalized spacial score (nSPS) is 19.5. The SMILES string of the molecule is [B]C1(Oc2ccc3c(c2)OC([B])([B])C([B])([B])O3)CCN(c2nn3c(=O)ccnc3c(COC)c2C)CC1. The van der Waals surface area contributed by atoms with E-state index in [0.29, 0.717) is 49.8 Å². The summed E-state index contributed by atoms with van der Waals surface area (Å²) in [6.45, 7) is 3.32. The number of anilines is 1. The third-order valence-corrected chi connectivity index (χ3v) is 6.68. The summed E-state index contributed by atoms with van der Waals surface area (Å²) < 4.78 is 23.9. The van der Waals surface area contributed by atoms with E-state index < -0.39 is 16.3 Å². The van der Waals surface area contributed by atoms with Gasteiger partial charge in [0.25, 0.3) is 5.56 Å². The van der Waals surface area contributed by atoms with Gasteiger partial charge in [-0.15, -0.1) is 5.10 Å². The van der Waals surface area contributed by atoms with E-state index in [1.807, 2.05) is 6.92 Å². The number of rotatable bonds is 5. The number of benzene rings is 1.